The summed E-state index contributed by atoms with van der Waals surface area (Å²) in [6.45, 7) is 7.23. The summed E-state index contributed by atoms with van der Waals surface area (Å²) in [7, 11) is 0. The van der Waals surface area contributed by atoms with Gasteiger partial charge >= 0.3 is 0 Å². The number of hydrogen-bond acceptors (Lipinski definition) is 6. The second-order valence-corrected chi connectivity index (χ2v) is 8.21. The Morgan fingerprint density at radius 1 is 0.963 bits per heavy atom. The van der Waals surface area contributed by atoms with Crippen molar-refractivity contribution in [2.75, 3.05) is 57.3 Å². The van der Waals surface area contributed by atoms with Gasteiger partial charge in [-0.05, 0) is 44.8 Å². The van der Waals surface area contributed by atoms with Crippen LogP contribution in [0.5, 0.6) is 0 Å². The van der Waals surface area contributed by atoms with Crippen LogP contribution >= 0.6 is 0 Å². The molecule has 1 aliphatic carbocycles. The molecule has 0 atom stereocenters. The van der Waals surface area contributed by atoms with Gasteiger partial charge in [-0.2, -0.15) is 0 Å². The number of nitrogens with zero attached hydrogens (tertiary/aromatic N) is 5. The smallest absolute Gasteiger partial charge is 0.234 e. The normalized spacial score (nSPS) is 23.6. The second kappa shape index (κ2) is 8.52. The molecule has 27 heavy (non-hydrogen) atoms. The number of aromatic nitrogens is 2. The first-order valence-electron chi connectivity index (χ1n) is 10.5. The van der Waals surface area contributed by atoms with Gasteiger partial charge in [-0.25, -0.2) is 9.97 Å². The number of likely N-dealkylation sites (tertiary alicyclic amines) is 1. The summed E-state index contributed by atoms with van der Waals surface area (Å²) >= 11 is 0. The minimum absolute atomic E-state index is 0.171. The van der Waals surface area contributed by atoms with Gasteiger partial charge in [0.25, 0.3) is 0 Å². The molecule has 1 N–H and O–H groups in total. The van der Waals surface area contributed by atoms with Gasteiger partial charge < -0.3 is 10.2 Å². The standard InChI is InChI=1S/C20H32N6O/c27-18(23-17-20(6-1-2-7-20)26-10-3-4-11-26)16-24-12-14-25(15-13-24)19-21-8-5-9-22-19/h5,8-9H,1-4,6-7,10-17H2,(H,23,27). The number of rotatable bonds is 6. The minimum atomic E-state index is 0.171. The average Bonchev–Trinajstić information content (AvgIpc) is 3.40. The Balaban J connectivity index is 1.23. The molecule has 3 fully saturated rings. The monoisotopic (exact) mass is 372 g/mol. The lowest BCUT2D eigenvalue weighted by Gasteiger charge is -2.39. The van der Waals surface area contributed by atoms with E-state index in [0.717, 1.165) is 38.7 Å². The lowest BCUT2D eigenvalue weighted by molar-refractivity contribution is -0.123. The van der Waals surface area contributed by atoms with Crippen molar-refractivity contribution in [3.8, 4) is 0 Å². The van der Waals surface area contributed by atoms with Crippen LogP contribution in [0.1, 0.15) is 38.5 Å². The van der Waals surface area contributed by atoms with Crippen LogP contribution in [0.2, 0.25) is 0 Å². The summed E-state index contributed by atoms with van der Waals surface area (Å²) < 4.78 is 0. The van der Waals surface area contributed by atoms with Gasteiger partial charge in [-0.3, -0.25) is 14.6 Å². The fraction of sp³-hybridized carbons (Fsp3) is 0.750. The van der Waals surface area contributed by atoms with E-state index in [1.807, 2.05) is 6.07 Å². The van der Waals surface area contributed by atoms with Gasteiger partial charge in [0.05, 0.1) is 6.54 Å². The number of carbonyl (C=O) groups is 1. The maximum absolute atomic E-state index is 12.6. The van der Waals surface area contributed by atoms with Crippen molar-refractivity contribution in [1.29, 1.82) is 0 Å². The van der Waals surface area contributed by atoms with E-state index >= 15 is 0 Å². The van der Waals surface area contributed by atoms with Crippen molar-refractivity contribution in [1.82, 2.24) is 25.1 Å². The number of hydrogen-bond donors (Lipinski definition) is 1. The first-order chi connectivity index (χ1) is 13.3. The van der Waals surface area contributed by atoms with Gasteiger partial charge in [0.15, 0.2) is 0 Å². The first-order valence-corrected chi connectivity index (χ1v) is 10.5. The highest BCUT2D eigenvalue weighted by atomic mass is 16.2. The lowest BCUT2D eigenvalue weighted by Crippen LogP contribution is -2.55. The van der Waals surface area contributed by atoms with Gasteiger partial charge in [0.1, 0.15) is 0 Å². The Morgan fingerprint density at radius 3 is 2.30 bits per heavy atom. The SMILES string of the molecule is O=C(CN1CCN(c2ncccn2)CC1)NCC1(N2CCCC2)CCCC1. The van der Waals surface area contributed by atoms with Crippen LogP contribution in [0, 0.1) is 0 Å². The molecule has 7 heteroatoms. The third kappa shape index (κ3) is 4.41. The molecule has 1 amide bonds. The molecule has 3 aliphatic rings. The molecule has 148 valence electrons. The number of anilines is 1. The molecule has 1 aromatic rings. The van der Waals surface area contributed by atoms with Crippen LogP contribution in [0.15, 0.2) is 18.5 Å². The van der Waals surface area contributed by atoms with Crippen molar-refractivity contribution in [3.63, 3.8) is 0 Å². The Kier molecular flexibility index (Phi) is 5.88. The highest BCUT2D eigenvalue weighted by Crippen LogP contribution is 2.36. The van der Waals surface area contributed by atoms with E-state index in [4.69, 9.17) is 0 Å². The van der Waals surface area contributed by atoms with Crippen molar-refractivity contribution in [3.05, 3.63) is 18.5 Å². The Hall–Kier alpha value is -1.73. The maximum Gasteiger partial charge on any atom is 0.234 e. The van der Waals surface area contributed by atoms with E-state index < -0.39 is 0 Å². The number of carbonyl (C=O) groups excluding carboxylic acids is 1. The van der Waals surface area contributed by atoms with E-state index in [1.165, 1.54) is 51.6 Å². The van der Waals surface area contributed by atoms with E-state index in [0.29, 0.717) is 6.54 Å². The number of piperazine rings is 1. The van der Waals surface area contributed by atoms with Crippen molar-refractivity contribution < 1.29 is 4.79 Å². The molecule has 0 aromatic carbocycles. The summed E-state index contributed by atoms with van der Waals surface area (Å²) in [5.41, 5.74) is 0.232. The number of nitrogens with one attached hydrogen (secondary N) is 1. The van der Waals surface area contributed by atoms with E-state index in [-0.39, 0.29) is 11.4 Å². The highest BCUT2D eigenvalue weighted by molar-refractivity contribution is 5.78. The quantitative estimate of drug-likeness (QED) is 0.807. The lowest BCUT2D eigenvalue weighted by atomic mass is 9.95. The maximum atomic E-state index is 12.6. The Labute approximate surface area is 162 Å². The van der Waals surface area contributed by atoms with Crippen molar-refractivity contribution in [2.24, 2.45) is 0 Å². The van der Waals surface area contributed by atoms with Crippen LogP contribution in [0.25, 0.3) is 0 Å². The van der Waals surface area contributed by atoms with Crippen LogP contribution in [0.3, 0.4) is 0 Å². The van der Waals surface area contributed by atoms with Crippen LogP contribution in [-0.2, 0) is 4.79 Å². The Morgan fingerprint density at radius 2 is 1.63 bits per heavy atom. The molecule has 0 bridgehead atoms. The largest absolute Gasteiger partial charge is 0.353 e. The van der Waals surface area contributed by atoms with Gasteiger partial charge in [-0.15, -0.1) is 0 Å². The molecule has 1 saturated carbocycles. The van der Waals surface area contributed by atoms with Crippen LogP contribution < -0.4 is 10.2 Å². The zero-order valence-corrected chi connectivity index (χ0v) is 16.3. The predicted octanol–water partition coefficient (Wildman–Crippen LogP) is 1.12. The molecule has 0 radical (unpaired) electrons. The average molecular weight is 373 g/mol. The van der Waals surface area contributed by atoms with E-state index in [1.54, 1.807) is 12.4 Å². The first kappa shape index (κ1) is 18.6. The molecule has 7 nitrogen and oxygen atoms in total. The number of amides is 1. The van der Waals surface area contributed by atoms with Gasteiger partial charge in [-0.1, -0.05) is 12.8 Å². The minimum Gasteiger partial charge on any atom is -0.353 e. The fourth-order valence-electron chi connectivity index (χ4n) is 4.91. The Bertz CT molecular complexity index is 604. The summed E-state index contributed by atoms with van der Waals surface area (Å²) in [5, 5.41) is 3.27. The predicted molar refractivity (Wildman–Crippen MR) is 106 cm³/mol. The summed E-state index contributed by atoms with van der Waals surface area (Å²) in [4.78, 5) is 28.3. The third-order valence-electron chi connectivity index (χ3n) is 6.50. The summed E-state index contributed by atoms with van der Waals surface area (Å²) in [6.07, 6.45) is 11.3. The molecule has 0 spiro atoms. The molecule has 2 saturated heterocycles. The van der Waals surface area contributed by atoms with Crippen LogP contribution in [-0.4, -0.2) is 83.6 Å². The third-order valence-corrected chi connectivity index (χ3v) is 6.50. The van der Waals surface area contributed by atoms with E-state index in [2.05, 4.69) is 30.0 Å². The molecule has 2 aliphatic heterocycles. The van der Waals surface area contributed by atoms with Crippen molar-refractivity contribution in [2.45, 2.75) is 44.1 Å². The molecule has 3 heterocycles. The highest BCUT2D eigenvalue weighted by Gasteiger charge is 2.40. The van der Waals surface area contributed by atoms with Crippen molar-refractivity contribution >= 4 is 11.9 Å². The summed E-state index contributed by atoms with van der Waals surface area (Å²) in [5.74, 6) is 0.959. The van der Waals surface area contributed by atoms with Crippen LogP contribution in [0.4, 0.5) is 5.95 Å². The fourth-order valence-corrected chi connectivity index (χ4v) is 4.91. The van der Waals surface area contributed by atoms with Gasteiger partial charge in [0, 0.05) is 50.7 Å². The zero-order valence-electron chi connectivity index (χ0n) is 16.3. The van der Waals surface area contributed by atoms with Gasteiger partial charge in [0.2, 0.25) is 11.9 Å². The van der Waals surface area contributed by atoms with E-state index in [9.17, 15) is 4.79 Å². The topological polar surface area (TPSA) is 64.6 Å². The molecule has 4 rings (SSSR count). The zero-order chi connectivity index (χ0) is 18.5. The molecular formula is C20H32N6O. The summed E-state index contributed by atoms with van der Waals surface area (Å²) in [6, 6.07) is 1.84. The second-order valence-electron chi connectivity index (χ2n) is 8.21. The molecular weight excluding hydrogens is 340 g/mol. The molecule has 0 unspecified atom stereocenters. The molecule has 1 aromatic heterocycles.